The Morgan fingerprint density at radius 1 is 1.45 bits per heavy atom. The van der Waals surface area contributed by atoms with Gasteiger partial charge in [0, 0.05) is 0 Å². The van der Waals surface area contributed by atoms with E-state index in [2.05, 4.69) is 18.2 Å². The Morgan fingerprint density at radius 3 is 1.64 bits per heavy atom. The molecule has 0 aromatic rings. The topological polar surface area (TPSA) is 80.3 Å². The van der Waals surface area contributed by atoms with E-state index in [9.17, 15) is 0 Å². The summed E-state index contributed by atoms with van der Waals surface area (Å²) in [4.78, 5) is 18.3. The maximum atomic E-state index is 9.14. The SMILES string of the molecule is C=CC(=O)[O-].O=C([O-])CCl.[Mg+2]. The summed E-state index contributed by atoms with van der Waals surface area (Å²) in [6.07, 6.45) is 0.722. The molecule has 11 heavy (non-hydrogen) atoms. The van der Waals surface area contributed by atoms with E-state index in [1.54, 1.807) is 0 Å². The number of carboxylic acid groups (broad SMARTS) is 2. The smallest absolute Gasteiger partial charge is 0.549 e. The summed E-state index contributed by atoms with van der Waals surface area (Å²) in [5.41, 5.74) is 0. The Kier molecular flexibility index (Phi) is 19.2. The Morgan fingerprint density at radius 2 is 1.64 bits per heavy atom. The Labute approximate surface area is 85.0 Å². The van der Waals surface area contributed by atoms with Gasteiger partial charge in [0.25, 0.3) is 0 Å². The quantitative estimate of drug-likeness (QED) is 0.273. The van der Waals surface area contributed by atoms with E-state index in [0.717, 1.165) is 6.08 Å². The van der Waals surface area contributed by atoms with Gasteiger partial charge < -0.3 is 19.8 Å². The summed E-state index contributed by atoms with van der Waals surface area (Å²) in [5.74, 6) is -2.88. The van der Waals surface area contributed by atoms with E-state index in [1.165, 1.54) is 0 Å². The average molecular weight is 189 g/mol. The van der Waals surface area contributed by atoms with Crippen LogP contribution in [0.4, 0.5) is 0 Å². The zero-order valence-corrected chi connectivity index (χ0v) is 7.88. The van der Waals surface area contributed by atoms with Crippen molar-refractivity contribution in [3.8, 4) is 0 Å². The molecule has 0 bridgehead atoms. The second-order valence-electron chi connectivity index (χ2n) is 1.03. The number of carbonyl (C=O) groups excluding carboxylic acids is 2. The molecule has 0 aliphatic carbocycles. The maximum absolute atomic E-state index is 9.14. The van der Waals surface area contributed by atoms with Crippen molar-refractivity contribution in [2.24, 2.45) is 0 Å². The molecular weight excluding hydrogens is 184 g/mol. The van der Waals surface area contributed by atoms with Gasteiger partial charge in [-0.15, -0.1) is 11.6 Å². The third-order valence-electron chi connectivity index (χ3n) is 0.276. The van der Waals surface area contributed by atoms with Crippen molar-refractivity contribution in [2.45, 2.75) is 0 Å². The van der Waals surface area contributed by atoms with E-state index in [-0.39, 0.29) is 23.1 Å². The van der Waals surface area contributed by atoms with Crippen LogP contribution in [0.25, 0.3) is 0 Å². The summed E-state index contributed by atoms with van der Waals surface area (Å²) in [6, 6.07) is 0. The standard InChI is InChI=1S/C3H4O2.C2H3ClO2.Mg/c1-2-3(4)5;3-1-2(4)5;/h2H,1H2,(H,4,5);1H2,(H,4,5);/q;;+2/p-2. The molecule has 6 heteroatoms. The van der Waals surface area contributed by atoms with Gasteiger partial charge in [-0.05, 0) is 6.08 Å². The van der Waals surface area contributed by atoms with Gasteiger partial charge in [0.15, 0.2) is 0 Å². The van der Waals surface area contributed by atoms with Gasteiger partial charge in [0.05, 0.1) is 17.8 Å². The van der Waals surface area contributed by atoms with Crippen molar-refractivity contribution >= 4 is 46.6 Å². The van der Waals surface area contributed by atoms with Crippen LogP contribution in [-0.4, -0.2) is 40.9 Å². The van der Waals surface area contributed by atoms with E-state index in [0.29, 0.717) is 0 Å². The van der Waals surface area contributed by atoms with E-state index in [4.69, 9.17) is 19.8 Å². The van der Waals surface area contributed by atoms with Crippen molar-refractivity contribution in [1.82, 2.24) is 0 Å². The first-order chi connectivity index (χ1) is 4.54. The van der Waals surface area contributed by atoms with Crippen LogP contribution in [0, 0.1) is 0 Å². The summed E-state index contributed by atoms with van der Waals surface area (Å²) >= 11 is 4.67. The molecule has 0 spiro atoms. The van der Waals surface area contributed by atoms with Crippen molar-refractivity contribution in [3.63, 3.8) is 0 Å². The van der Waals surface area contributed by atoms with E-state index < -0.39 is 17.8 Å². The van der Waals surface area contributed by atoms with Crippen LogP contribution in [0.3, 0.4) is 0 Å². The zero-order valence-electron chi connectivity index (χ0n) is 5.71. The Bertz CT molecular complexity index is 136. The normalized spacial score (nSPS) is 6.27. The number of carbonyl (C=O) groups is 2. The third-order valence-corrected chi connectivity index (χ3v) is 0.494. The molecule has 0 unspecified atom stereocenters. The molecule has 58 valence electrons. The van der Waals surface area contributed by atoms with Gasteiger partial charge in [0.1, 0.15) is 0 Å². The minimum Gasteiger partial charge on any atom is -0.549 e. The average Bonchev–Trinajstić information content (AvgIpc) is 1.89. The predicted octanol–water partition coefficient (Wildman–Crippen LogP) is -2.48. The Balaban J connectivity index is -0.000000107. The van der Waals surface area contributed by atoms with Crippen LogP contribution in [-0.2, 0) is 9.59 Å². The maximum Gasteiger partial charge on any atom is 2.00 e. The molecule has 4 nitrogen and oxygen atoms in total. The minimum absolute atomic E-state index is 0. The molecule has 0 atom stereocenters. The van der Waals surface area contributed by atoms with Crippen LogP contribution in [0.15, 0.2) is 12.7 Å². The summed E-state index contributed by atoms with van der Waals surface area (Å²) in [7, 11) is 0. The Hall–Kier alpha value is -0.264. The second kappa shape index (κ2) is 12.4. The van der Waals surface area contributed by atoms with Crippen molar-refractivity contribution in [3.05, 3.63) is 12.7 Å². The van der Waals surface area contributed by atoms with Crippen LogP contribution >= 0.6 is 11.6 Å². The minimum atomic E-state index is -1.23. The van der Waals surface area contributed by atoms with Crippen molar-refractivity contribution in [2.75, 3.05) is 5.88 Å². The predicted molar refractivity (Wildman–Crippen MR) is 36.7 cm³/mol. The molecule has 0 aromatic heterocycles. The molecule has 0 amide bonds. The van der Waals surface area contributed by atoms with Gasteiger partial charge in [-0.2, -0.15) is 0 Å². The summed E-state index contributed by atoms with van der Waals surface area (Å²) in [5, 5.41) is 18.3. The summed E-state index contributed by atoms with van der Waals surface area (Å²) in [6.45, 7) is 2.90. The van der Waals surface area contributed by atoms with Crippen LogP contribution in [0.2, 0.25) is 0 Å². The number of hydrogen-bond acceptors (Lipinski definition) is 4. The first-order valence-electron chi connectivity index (χ1n) is 2.13. The molecule has 0 aromatic carbocycles. The first-order valence-corrected chi connectivity index (χ1v) is 2.67. The monoisotopic (exact) mass is 188 g/mol. The van der Waals surface area contributed by atoms with Crippen molar-refractivity contribution < 1.29 is 19.8 Å². The van der Waals surface area contributed by atoms with Crippen LogP contribution in [0.1, 0.15) is 0 Å². The number of rotatable bonds is 2. The van der Waals surface area contributed by atoms with Crippen LogP contribution in [0.5, 0.6) is 0 Å². The number of aliphatic carboxylic acids is 2. The molecule has 0 rings (SSSR count). The van der Waals surface area contributed by atoms with Gasteiger partial charge in [0.2, 0.25) is 0 Å². The molecule has 0 aliphatic heterocycles. The first kappa shape index (κ1) is 17.0. The molecule has 0 aliphatic rings. The van der Waals surface area contributed by atoms with Crippen LogP contribution < -0.4 is 10.2 Å². The van der Waals surface area contributed by atoms with Gasteiger partial charge in [-0.3, -0.25) is 0 Å². The third kappa shape index (κ3) is 41.7. The molecule has 0 saturated carbocycles. The zero-order chi connectivity index (χ0) is 8.57. The molecule has 0 radical (unpaired) electrons. The number of carboxylic acids is 2. The number of halogens is 1. The van der Waals surface area contributed by atoms with E-state index in [1.807, 2.05) is 0 Å². The molecule has 0 N–H and O–H groups in total. The second-order valence-corrected chi connectivity index (χ2v) is 1.30. The fraction of sp³-hybridized carbons (Fsp3) is 0.200. The summed E-state index contributed by atoms with van der Waals surface area (Å²) < 4.78 is 0. The largest absolute Gasteiger partial charge is 2.00 e. The fourth-order valence-electron chi connectivity index (χ4n) is 0. The van der Waals surface area contributed by atoms with E-state index >= 15 is 0 Å². The molecule has 0 fully saturated rings. The van der Waals surface area contributed by atoms with Crippen molar-refractivity contribution in [1.29, 1.82) is 0 Å². The van der Waals surface area contributed by atoms with Gasteiger partial charge >= 0.3 is 23.1 Å². The number of alkyl halides is 1. The molecule has 0 saturated heterocycles. The fourth-order valence-corrected chi connectivity index (χ4v) is 0. The van der Waals surface area contributed by atoms with Gasteiger partial charge in [-0.1, -0.05) is 6.58 Å². The van der Waals surface area contributed by atoms with Gasteiger partial charge in [-0.25, -0.2) is 0 Å². The molecular formula is C5H5ClMgO4. The molecule has 0 heterocycles. The number of hydrogen-bond donors (Lipinski definition) is 0.